The van der Waals surface area contributed by atoms with Crippen LogP contribution in [0.5, 0.6) is 5.75 Å². The van der Waals surface area contributed by atoms with Crippen molar-refractivity contribution >= 4 is 27.5 Å². The Balaban J connectivity index is 1.98. The quantitative estimate of drug-likeness (QED) is 0.294. The van der Waals surface area contributed by atoms with Gasteiger partial charge in [0, 0.05) is 12.6 Å². The number of benzene rings is 3. The molecule has 2 atom stereocenters. The zero-order chi connectivity index (χ0) is 30.0. The van der Waals surface area contributed by atoms with E-state index in [1.165, 1.54) is 4.90 Å². The first-order chi connectivity index (χ1) is 19.6. The average molecular weight is 584 g/mol. The van der Waals surface area contributed by atoms with Crippen molar-refractivity contribution in [1.29, 1.82) is 0 Å². The summed E-state index contributed by atoms with van der Waals surface area (Å²) in [6, 6.07) is 19.4. The molecule has 2 amide bonds. The van der Waals surface area contributed by atoms with Crippen LogP contribution in [0.2, 0.25) is 0 Å². The number of sulfonamides is 1. The van der Waals surface area contributed by atoms with Crippen LogP contribution in [0.25, 0.3) is 0 Å². The number of halogens is 1. The standard InChI is InChI=1S/C31H38FN3O5S/c1-5-23(3)33-31(37)24(4)34(21-20-25-10-8-7-9-11-25)30(36)22-35(27-14-16-28(17-15-27)40-6-2)41(38,39)29-18-12-26(32)13-19-29/h7-19,23-24H,5-6,20-22H2,1-4H3,(H,33,37). The zero-order valence-corrected chi connectivity index (χ0v) is 24.7. The van der Waals surface area contributed by atoms with Crippen LogP contribution in [0.4, 0.5) is 10.1 Å². The minimum absolute atomic E-state index is 0.0877. The second-order valence-electron chi connectivity index (χ2n) is 9.71. The van der Waals surface area contributed by atoms with E-state index in [4.69, 9.17) is 4.74 Å². The second kappa shape index (κ2) is 14.6. The van der Waals surface area contributed by atoms with E-state index in [2.05, 4.69) is 5.32 Å². The van der Waals surface area contributed by atoms with Gasteiger partial charge in [0.15, 0.2) is 0 Å². The molecule has 0 spiro atoms. The van der Waals surface area contributed by atoms with Crippen LogP contribution in [-0.2, 0) is 26.0 Å². The first-order valence-corrected chi connectivity index (χ1v) is 15.2. The van der Waals surface area contributed by atoms with Gasteiger partial charge in [-0.05, 0) is 87.7 Å². The fourth-order valence-electron chi connectivity index (χ4n) is 4.17. The predicted molar refractivity (Wildman–Crippen MR) is 158 cm³/mol. The number of carbonyl (C=O) groups is 2. The fourth-order valence-corrected chi connectivity index (χ4v) is 5.59. The lowest BCUT2D eigenvalue weighted by molar-refractivity contribution is -0.139. The molecule has 0 aromatic heterocycles. The van der Waals surface area contributed by atoms with E-state index in [9.17, 15) is 22.4 Å². The van der Waals surface area contributed by atoms with Crippen LogP contribution < -0.4 is 14.4 Å². The van der Waals surface area contributed by atoms with E-state index in [1.54, 1.807) is 31.2 Å². The molecule has 1 N–H and O–H groups in total. The van der Waals surface area contributed by atoms with Crippen molar-refractivity contribution in [1.82, 2.24) is 10.2 Å². The molecule has 0 bridgehead atoms. The Morgan fingerprint density at radius 1 is 0.927 bits per heavy atom. The Hall–Kier alpha value is -3.92. The van der Waals surface area contributed by atoms with Crippen LogP contribution >= 0.6 is 0 Å². The summed E-state index contributed by atoms with van der Waals surface area (Å²) in [5, 5.41) is 2.91. The number of amides is 2. The Morgan fingerprint density at radius 3 is 2.15 bits per heavy atom. The van der Waals surface area contributed by atoms with Crippen LogP contribution in [0.1, 0.15) is 39.7 Å². The molecule has 2 unspecified atom stereocenters. The van der Waals surface area contributed by atoms with Crippen molar-refractivity contribution in [3.05, 3.63) is 90.2 Å². The van der Waals surface area contributed by atoms with Gasteiger partial charge in [0.2, 0.25) is 11.8 Å². The van der Waals surface area contributed by atoms with Gasteiger partial charge >= 0.3 is 0 Å². The minimum Gasteiger partial charge on any atom is -0.494 e. The highest BCUT2D eigenvalue weighted by atomic mass is 32.2. The van der Waals surface area contributed by atoms with Crippen LogP contribution in [0, 0.1) is 5.82 Å². The van der Waals surface area contributed by atoms with Gasteiger partial charge in [-0.15, -0.1) is 0 Å². The Bertz CT molecular complexity index is 1380. The van der Waals surface area contributed by atoms with Gasteiger partial charge in [0.25, 0.3) is 10.0 Å². The molecule has 0 saturated carbocycles. The third-order valence-electron chi connectivity index (χ3n) is 6.77. The van der Waals surface area contributed by atoms with E-state index in [1.807, 2.05) is 51.1 Å². The normalized spacial score (nSPS) is 12.7. The Labute approximate surface area is 242 Å². The molecule has 0 saturated heterocycles. The van der Waals surface area contributed by atoms with Crippen molar-refractivity contribution in [3.8, 4) is 5.75 Å². The summed E-state index contributed by atoms with van der Waals surface area (Å²) in [7, 11) is -4.28. The number of nitrogens with zero attached hydrogens (tertiary/aromatic N) is 2. The highest BCUT2D eigenvalue weighted by Gasteiger charge is 2.32. The molecule has 10 heteroatoms. The topological polar surface area (TPSA) is 96.0 Å². The molecule has 0 heterocycles. The molecule has 3 aromatic rings. The number of rotatable bonds is 14. The third kappa shape index (κ3) is 8.53. The third-order valence-corrected chi connectivity index (χ3v) is 8.56. The smallest absolute Gasteiger partial charge is 0.264 e. The number of anilines is 1. The average Bonchev–Trinajstić information content (AvgIpc) is 2.97. The molecule has 3 rings (SSSR count). The summed E-state index contributed by atoms with van der Waals surface area (Å²) < 4.78 is 47.7. The molecule has 8 nitrogen and oxygen atoms in total. The van der Waals surface area contributed by atoms with Gasteiger partial charge < -0.3 is 15.0 Å². The molecule has 3 aromatic carbocycles. The van der Waals surface area contributed by atoms with Crippen LogP contribution in [-0.4, -0.2) is 56.9 Å². The van der Waals surface area contributed by atoms with Gasteiger partial charge in [-0.25, -0.2) is 12.8 Å². The van der Waals surface area contributed by atoms with Gasteiger partial charge in [0.1, 0.15) is 24.2 Å². The summed E-state index contributed by atoms with van der Waals surface area (Å²) >= 11 is 0. The highest BCUT2D eigenvalue weighted by molar-refractivity contribution is 7.92. The van der Waals surface area contributed by atoms with Crippen molar-refractivity contribution in [2.45, 2.75) is 57.5 Å². The summed E-state index contributed by atoms with van der Waals surface area (Å²) in [5.41, 5.74) is 1.20. The van der Waals surface area contributed by atoms with Crippen molar-refractivity contribution < 1.29 is 27.1 Å². The monoisotopic (exact) mass is 583 g/mol. The zero-order valence-electron chi connectivity index (χ0n) is 23.9. The maximum atomic E-state index is 13.9. The summed E-state index contributed by atoms with van der Waals surface area (Å²) in [5.74, 6) is -0.913. The van der Waals surface area contributed by atoms with Gasteiger partial charge in [0.05, 0.1) is 17.2 Å². The molecule has 0 radical (unpaired) electrons. The molecule has 220 valence electrons. The molecular formula is C31H38FN3O5S. The maximum absolute atomic E-state index is 13.9. The number of nitrogens with one attached hydrogen (secondary N) is 1. The first-order valence-electron chi connectivity index (χ1n) is 13.7. The SMILES string of the molecule is CCOc1ccc(N(CC(=O)N(CCc2ccccc2)C(C)C(=O)NC(C)CC)S(=O)(=O)c2ccc(F)cc2)cc1. The highest BCUT2D eigenvalue weighted by Crippen LogP contribution is 2.26. The summed E-state index contributed by atoms with van der Waals surface area (Å²) in [6.07, 6.45) is 1.19. The van der Waals surface area contributed by atoms with Crippen molar-refractivity contribution in [2.75, 3.05) is 24.0 Å². The number of carbonyl (C=O) groups excluding carboxylic acids is 2. The van der Waals surface area contributed by atoms with Crippen molar-refractivity contribution in [2.24, 2.45) is 0 Å². The van der Waals surface area contributed by atoms with Crippen molar-refractivity contribution in [3.63, 3.8) is 0 Å². The van der Waals surface area contributed by atoms with Gasteiger partial charge in [-0.2, -0.15) is 0 Å². The predicted octanol–water partition coefficient (Wildman–Crippen LogP) is 4.79. The van der Waals surface area contributed by atoms with E-state index >= 15 is 0 Å². The van der Waals surface area contributed by atoms with Crippen LogP contribution in [0.15, 0.2) is 83.8 Å². The number of hydrogen-bond donors (Lipinski definition) is 1. The first kappa shape index (κ1) is 31.6. The van der Waals surface area contributed by atoms with Gasteiger partial charge in [-0.3, -0.25) is 13.9 Å². The molecule has 0 aliphatic rings. The molecular weight excluding hydrogens is 545 g/mol. The second-order valence-corrected chi connectivity index (χ2v) is 11.6. The largest absolute Gasteiger partial charge is 0.494 e. The number of ether oxygens (including phenoxy) is 1. The Kier molecular flexibility index (Phi) is 11.3. The molecule has 0 aliphatic carbocycles. The van der Waals surface area contributed by atoms with E-state index in [-0.39, 0.29) is 29.1 Å². The summed E-state index contributed by atoms with van der Waals surface area (Å²) in [6.45, 7) is 7.36. The number of hydrogen-bond acceptors (Lipinski definition) is 5. The fraction of sp³-hybridized carbons (Fsp3) is 0.355. The lowest BCUT2D eigenvalue weighted by Crippen LogP contribution is -2.53. The molecule has 0 aliphatic heterocycles. The summed E-state index contributed by atoms with van der Waals surface area (Å²) in [4.78, 5) is 28.2. The van der Waals surface area contributed by atoms with E-state index in [0.717, 1.165) is 40.6 Å². The minimum atomic E-state index is -4.28. The van der Waals surface area contributed by atoms with Crippen LogP contribution in [0.3, 0.4) is 0 Å². The Morgan fingerprint density at radius 2 is 1.56 bits per heavy atom. The maximum Gasteiger partial charge on any atom is 0.264 e. The van der Waals surface area contributed by atoms with Gasteiger partial charge in [-0.1, -0.05) is 37.3 Å². The molecule has 41 heavy (non-hydrogen) atoms. The lowest BCUT2D eigenvalue weighted by Gasteiger charge is -2.32. The van der Waals surface area contributed by atoms with E-state index < -0.39 is 34.3 Å². The van der Waals surface area contributed by atoms with E-state index in [0.29, 0.717) is 18.8 Å². The molecule has 0 fully saturated rings. The lowest BCUT2D eigenvalue weighted by atomic mass is 10.1.